The third-order valence-electron chi connectivity index (χ3n) is 5.80. The Morgan fingerprint density at radius 2 is 1.68 bits per heavy atom. The van der Waals surface area contributed by atoms with Crippen LogP contribution in [0.2, 0.25) is 0 Å². The predicted octanol–water partition coefficient (Wildman–Crippen LogP) is 3.14. The highest BCUT2D eigenvalue weighted by Crippen LogP contribution is 2.22. The van der Waals surface area contributed by atoms with E-state index in [1.54, 1.807) is 13.0 Å². The number of nitrogens with one attached hydrogen (secondary N) is 2. The van der Waals surface area contributed by atoms with Gasteiger partial charge in [-0.3, -0.25) is 14.9 Å². The molecule has 2 N–H and O–H groups in total. The van der Waals surface area contributed by atoms with Crippen molar-refractivity contribution in [3.63, 3.8) is 0 Å². The molecule has 0 atom stereocenters. The third kappa shape index (κ3) is 4.79. The minimum absolute atomic E-state index is 0.00814. The summed E-state index contributed by atoms with van der Waals surface area (Å²) in [5.74, 6) is -0.300. The molecule has 0 unspecified atom stereocenters. The van der Waals surface area contributed by atoms with Gasteiger partial charge in [0.05, 0.1) is 4.92 Å². The number of likely N-dealkylation sites (tertiary alicyclic amines) is 1. The minimum Gasteiger partial charge on any atom is -0.349 e. The van der Waals surface area contributed by atoms with Crippen molar-refractivity contribution in [1.82, 2.24) is 15.5 Å². The monoisotopic (exact) mass is 388 g/mol. The molecule has 2 aliphatic rings. The fourth-order valence-corrected chi connectivity index (χ4v) is 4.07. The molecule has 8 nitrogen and oxygen atoms in total. The van der Waals surface area contributed by atoms with E-state index in [-0.39, 0.29) is 29.7 Å². The van der Waals surface area contributed by atoms with Crippen molar-refractivity contribution >= 4 is 17.6 Å². The van der Waals surface area contributed by atoms with E-state index in [0.29, 0.717) is 37.1 Å². The van der Waals surface area contributed by atoms with Crippen LogP contribution in [0.15, 0.2) is 18.2 Å². The van der Waals surface area contributed by atoms with Crippen molar-refractivity contribution in [3.8, 4) is 0 Å². The van der Waals surface area contributed by atoms with E-state index in [1.165, 1.54) is 31.4 Å². The summed E-state index contributed by atoms with van der Waals surface area (Å²) in [6.07, 6.45) is 7.07. The highest BCUT2D eigenvalue weighted by molar-refractivity contribution is 5.96. The Labute approximate surface area is 164 Å². The predicted molar refractivity (Wildman–Crippen MR) is 105 cm³/mol. The molecule has 1 aromatic rings. The van der Waals surface area contributed by atoms with E-state index in [9.17, 15) is 19.7 Å². The maximum Gasteiger partial charge on any atom is 0.317 e. The molecule has 3 rings (SSSR count). The Balaban J connectivity index is 1.50. The number of amides is 3. The van der Waals surface area contributed by atoms with Crippen LogP contribution in [0.3, 0.4) is 0 Å². The van der Waals surface area contributed by atoms with Crippen LogP contribution in [0, 0.1) is 17.0 Å². The second kappa shape index (κ2) is 9.03. The fourth-order valence-electron chi connectivity index (χ4n) is 4.07. The molecule has 1 saturated heterocycles. The molecule has 0 spiro atoms. The van der Waals surface area contributed by atoms with Gasteiger partial charge in [-0.1, -0.05) is 25.3 Å². The lowest BCUT2D eigenvalue weighted by atomic mass is 9.95. The van der Waals surface area contributed by atoms with E-state index in [0.717, 1.165) is 12.8 Å². The molecule has 1 aromatic carbocycles. The first-order chi connectivity index (χ1) is 13.5. The second-order valence-electron chi connectivity index (χ2n) is 7.73. The Bertz CT molecular complexity index is 738. The van der Waals surface area contributed by atoms with E-state index in [1.807, 2.05) is 4.90 Å². The molecule has 1 saturated carbocycles. The SMILES string of the molecule is Cc1c(C(=O)NC2CCN(C(=O)NC3CCCCC3)CC2)cccc1[N+](=O)[O-]. The number of carbonyl (C=O) groups excluding carboxylic acids is 2. The maximum atomic E-state index is 12.6. The van der Waals surface area contributed by atoms with Crippen LogP contribution in [0.25, 0.3) is 0 Å². The third-order valence-corrected chi connectivity index (χ3v) is 5.80. The summed E-state index contributed by atoms with van der Waals surface area (Å²) in [5, 5.41) is 17.2. The zero-order valence-corrected chi connectivity index (χ0v) is 16.3. The molecule has 3 amide bonds. The van der Waals surface area contributed by atoms with Gasteiger partial charge in [0.15, 0.2) is 0 Å². The zero-order valence-electron chi connectivity index (χ0n) is 16.3. The van der Waals surface area contributed by atoms with Gasteiger partial charge in [0.2, 0.25) is 0 Å². The first-order valence-corrected chi connectivity index (χ1v) is 10.1. The number of piperidine rings is 1. The summed E-state index contributed by atoms with van der Waals surface area (Å²) in [6, 6.07) is 4.77. The van der Waals surface area contributed by atoms with Crippen molar-refractivity contribution in [2.24, 2.45) is 0 Å². The number of hydrogen-bond acceptors (Lipinski definition) is 4. The number of urea groups is 1. The molecule has 8 heteroatoms. The van der Waals surface area contributed by atoms with Crippen molar-refractivity contribution in [2.45, 2.75) is 64.0 Å². The number of hydrogen-bond donors (Lipinski definition) is 2. The first kappa shape index (κ1) is 20.1. The lowest BCUT2D eigenvalue weighted by Gasteiger charge is -2.34. The van der Waals surface area contributed by atoms with Gasteiger partial charge in [-0.2, -0.15) is 0 Å². The number of rotatable bonds is 4. The zero-order chi connectivity index (χ0) is 20.1. The highest BCUT2D eigenvalue weighted by atomic mass is 16.6. The average molecular weight is 388 g/mol. The van der Waals surface area contributed by atoms with Crippen LogP contribution in [0.1, 0.15) is 60.9 Å². The number of carbonyl (C=O) groups is 2. The lowest BCUT2D eigenvalue weighted by Crippen LogP contribution is -2.51. The Kier molecular flexibility index (Phi) is 6.49. The molecular weight excluding hydrogens is 360 g/mol. The minimum atomic E-state index is -0.477. The standard InChI is InChI=1S/C20H28N4O4/c1-14-17(8-5-9-18(14)24(27)28)19(25)21-16-10-12-23(13-11-16)20(26)22-15-6-3-2-4-7-15/h5,8-9,15-16H,2-4,6-7,10-13H2,1H3,(H,21,25)(H,22,26). The van der Waals surface area contributed by atoms with E-state index in [4.69, 9.17) is 0 Å². The Hall–Kier alpha value is -2.64. The lowest BCUT2D eigenvalue weighted by molar-refractivity contribution is -0.385. The second-order valence-corrected chi connectivity index (χ2v) is 7.73. The van der Waals surface area contributed by atoms with Gasteiger partial charge in [-0.25, -0.2) is 4.79 Å². The van der Waals surface area contributed by atoms with Crippen LogP contribution in [-0.2, 0) is 0 Å². The van der Waals surface area contributed by atoms with Gasteiger partial charge in [-0.05, 0) is 38.7 Å². The fraction of sp³-hybridized carbons (Fsp3) is 0.600. The normalized spacial score (nSPS) is 18.5. The van der Waals surface area contributed by atoms with Crippen LogP contribution in [0.5, 0.6) is 0 Å². The molecular formula is C20H28N4O4. The summed E-state index contributed by atoms with van der Waals surface area (Å²) >= 11 is 0. The quantitative estimate of drug-likeness (QED) is 0.611. The maximum absolute atomic E-state index is 12.6. The van der Waals surface area contributed by atoms with Crippen molar-refractivity contribution in [3.05, 3.63) is 39.4 Å². The summed E-state index contributed by atoms with van der Waals surface area (Å²) in [6.45, 7) is 2.78. The van der Waals surface area contributed by atoms with Gasteiger partial charge >= 0.3 is 6.03 Å². The van der Waals surface area contributed by atoms with Crippen molar-refractivity contribution in [1.29, 1.82) is 0 Å². The topological polar surface area (TPSA) is 105 Å². The molecule has 0 radical (unpaired) electrons. The molecule has 0 aromatic heterocycles. The summed E-state index contributed by atoms with van der Waals surface area (Å²) in [5.41, 5.74) is 0.641. The van der Waals surface area contributed by atoms with Gasteiger partial charge in [0.1, 0.15) is 0 Å². The molecule has 28 heavy (non-hydrogen) atoms. The smallest absolute Gasteiger partial charge is 0.317 e. The molecule has 1 aliphatic carbocycles. The van der Waals surface area contributed by atoms with Crippen LogP contribution >= 0.6 is 0 Å². The van der Waals surface area contributed by atoms with E-state index in [2.05, 4.69) is 10.6 Å². The first-order valence-electron chi connectivity index (χ1n) is 10.1. The van der Waals surface area contributed by atoms with Gasteiger partial charge < -0.3 is 15.5 Å². The molecule has 152 valence electrons. The van der Waals surface area contributed by atoms with Crippen molar-refractivity contribution < 1.29 is 14.5 Å². The number of nitro groups is 1. The molecule has 1 heterocycles. The van der Waals surface area contributed by atoms with Crippen LogP contribution < -0.4 is 10.6 Å². The van der Waals surface area contributed by atoms with E-state index < -0.39 is 4.92 Å². The van der Waals surface area contributed by atoms with Crippen LogP contribution in [-0.4, -0.2) is 46.9 Å². The Morgan fingerprint density at radius 3 is 2.32 bits per heavy atom. The molecule has 0 bridgehead atoms. The summed E-state index contributed by atoms with van der Waals surface area (Å²) in [7, 11) is 0. The van der Waals surface area contributed by atoms with E-state index >= 15 is 0 Å². The summed E-state index contributed by atoms with van der Waals surface area (Å²) < 4.78 is 0. The van der Waals surface area contributed by atoms with Gasteiger partial charge in [0, 0.05) is 42.4 Å². The van der Waals surface area contributed by atoms with Gasteiger partial charge in [0.25, 0.3) is 11.6 Å². The number of nitrogens with zero attached hydrogens (tertiary/aromatic N) is 2. The molecule has 1 aliphatic heterocycles. The van der Waals surface area contributed by atoms with Crippen LogP contribution in [0.4, 0.5) is 10.5 Å². The largest absolute Gasteiger partial charge is 0.349 e. The average Bonchev–Trinajstić information content (AvgIpc) is 2.69. The Morgan fingerprint density at radius 1 is 1.04 bits per heavy atom. The molecule has 2 fully saturated rings. The number of nitro benzene ring substituents is 1. The summed E-state index contributed by atoms with van der Waals surface area (Å²) in [4.78, 5) is 37.4. The van der Waals surface area contributed by atoms with Crippen molar-refractivity contribution in [2.75, 3.05) is 13.1 Å². The number of benzene rings is 1. The highest BCUT2D eigenvalue weighted by Gasteiger charge is 2.27. The van der Waals surface area contributed by atoms with Gasteiger partial charge in [-0.15, -0.1) is 0 Å².